The number of rotatable bonds is 4. The van der Waals surface area contributed by atoms with E-state index in [1.165, 1.54) is 25.7 Å². The van der Waals surface area contributed by atoms with Gasteiger partial charge in [0.2, 0.25) is 0 Å². The number of aliphatic hydroxyl groups is 1. The minimum atomic E-state index is -1.09. The molecule has 4 rings (SSSR count). The standard InChI is InChI=1S/C20H31N3O3.HI/c1-13-6-7-15(26-13)19(2,24)12-22-18(21-3)23-16-14-8-11-25-17(14)20(16)9-4-5-10-20;/h6-7,14,16-17,24H,4-5,8-12H2,1-3H3,(H2,21,22,23);1H. The molecule has 4 atom stereocenters. The van der Waals surface area contributed by atoms with Crippen molar-refractivity contribution < 1.29 is 14.3 Å². The highest BCUT2D eigenvalue weighted by Gasteiger charge is 2.65. The first kappa shape index (κ1) is 20.9. The molecule has 3 N–H and O–H groups in total. The molecule has 2 aliphatic carbocycles. The Bertz CT molecular complexity index is 682. The summed E-state index contributed by atoms with van der Waals surface area (Å²) in [5, 5.41) is 17.7. The minimum Gasteiger partial charge on any atom is -0.463 e. The molecule has 0 radical (unpaired) electrons. The Balaban J connectivity index is 0.00000210. The van der Waals surface area contributed by atoms with Gasteiger partial charge in [0, 0.05) is 31.0 Å². The Labute approximate surface area is 178 Å². The van der Waals surface area contributed by atoms with E-state index >= 15 is 0 Å². The molecule has 7 heteroatoms. The van der Waals surface area contributed by atoms with Crippen molar-refractivity contribution in [2.75, 3.05) is 20.2 Å². The summed E-state index contributed by atoms with van der Waals surface area (Å²) < 4.78 is 11.7. The van der Waals surface area contributed by atoms with Gasteiger partial charge < -0.3 is 24.9 Å². The van der Waals surface area contributed by atoms with Crippen LogP contribution in [0.5, 0.6) is 0 Å². The SMILES string of the molecule is CN=C(NCC(C)(O)c1ccc(C)o1)NC1C2CCOC2C12CCCC2.I. The van der Waals surface area contributed by atoms with Gasteiger partial charge in [-0.05, 0) is 45.2 Å². The van der Waals surface area contributed by atoms with Crippen molar-refractivity contribution in [3.05, 3.63) is 23.7 Å². The molecule has 152 valence electrons. The maximum absolute atomic E-state index is 10.7. The first-order valence-corrected chi connectivity index (χ1v) is 9.84. The molecule has 2 heterocycles. The van der Waals surface area contributed by atoms with E-state index < -0.39 is 5.60 Å². The first-order valence-electron chi connectivity index (χ1n) is 9.84. The number of aliphatic imine (C=N–C) groups is 1. The predicted molar refractivity (Wildman–Crippen MR) is 115 cm³/mol. The van der Waals surface area contributed by atoms with Crippen molar-refractivity contribution in [1.82, 2.24) is 10.6 Å². The van der Waals surface area contributed by atoms with Crippen LogP contribution in [0.3, 0.4) is 0 Å². The zero-order valence-corrected chi connectivity index (χ0v) is 18.8. The molecule has 27 heavy (non-hydrogen) atoms. The van der Waals surface area contributed by atoms with Crippen LogP contribution < -0.4 is 10.6 Å². The molecule has 3 fully saturated rings. The number of furan rings is 1. The van der Waals surface area contributed by atoms with Crippen LogP contribution in [0.25, 0.3) is 0 Å². The maximum Gasteiger partial charge on any atom is 0.191 e. The van der Waals surface area contributed by atoms with E-state index in [0.717, 1.165) is 24.7 Å². The third-order valence-corrected chi connectivity index (χ3v) is 6.67. The van der Waals surface area contributed by atoms with Crippen molar-refractivity contribution in [1.29, 1.82) is 0 Å². The van der Waals surface area contributed by atoms with Crippen molar-refractivity contribution in [2.24, 2.45) is 16.3 Å². The first-order chi connectivity index (χ1) is 12.5. The molecular weight excluding hydrogens is 457 g/mol. The number of hydrogen-bond acceptors (Lipinski definition) is 4. The van der Waals surface area contributed by atoms with E-state index in [-0.39, 0.29) is 29.4 Å². The Kier molecular flexibility index (Phi) is 6.13. The zero-order valence-electron chi connectivity index (χ0n) is 16.5. The lowest BCUT2D eigenvalue weighted by atomic mass is 9.54. The van der Waals surface area contributed by atoms with Crippen LogP contribution in [0.4, 0.5) is 0 Å². The molecule has 2 saturated carbocycles. The predicted octanol–water partition coefficient (Wildman–Crippen LogP) is 2.93. The van der Waals surface area contributed by atoms with E-state index in [2.05, 4.69) is 15.6 Å². The van der Waals surface area contributed by atoms with Gasteiger partial charge in [-0.2, -0.15) is 0 Å². The molecule has 1 saturated heterocycles. The molecule has 0 amide bonds. The van der Waals surface area contributed by atoms with Crippen molar-refractivity contribution in [3.63, 3.8) is 0 Å². The number of nitrogens with zero attached hydrogens (tertiary/aromatic N) is 1. The zero-order chi connectivity index (χ0) is 18.4. The van der Waals surface area contributed by atoms with E-state index in [1.54, 1.807) is 14.0 Å². The normalized spacial score (nSPS) is 31.0. The van der Waals surface area contributed by atoms with Gasteiger partial charge in [0.05, 0.1) is 12.6 Å². The second-order valence-corrected chi connectivity index (χ2v) is 8.42. The molecule has 0 aromatic carbocycles. The molecular formula is C20H32IN3O3. The summed E-state index contributed by atoms with van der Waals surface area (Å²) in [6.45, 7) is 4.86. The largest absolute Gasteiger partial charge is 0.463 e. The van der Waals surface area contributed by atoms with Crippen LogP contribution in [0.15, 0.2) is 21.5 Å². The number of guanidine groups is 1. The van der Waals surface area contributed by atoms with E-state index in [4.69, 9.17) is 9.15 Å². The van der Waals surface area contributed by atoms with Gasteiger partial charge in [-0.15, -0.1) is 24.0 Å². The summed E-state index contributed by atoms with van der Waals surface area (Å²) in [5.74, 6) is 2.70. The number of halogens is 1. The summed E-state index contributed by atoms with van der Waals surface area (Å²) in [5.41, 5.74) is -0.811. The average Bonchev–Trinajstić information content (AvgIpc) is 3.34. The van der Waals surface area contributed by atoms with Gasteiger partial charge in [-0.3, -0.25) is 4.99 Å². The second kappa shape index (κ2) is 7.91. The highest BCUT2D eigenvalue weighted by Crippen LogP contribution is 2.60. The van der Waals surface area contributed by atoms with Gasteiger partial charge >= 0.3 is 0 Å². The minimum absolute atomic E-state index is 0. The number of nitrogens with one attached hydrogen (secondary N) is 2. The number of hydrogen-bond donors (Lipinski definition) is 3. The number of fused-ring (bicyclic) bond motifs is 2. The monoisotopic (exact) mass is 489 g/mol. The highest BCUT2D eigenvalue weighted by molar-refractivity contribution is 14.0. The van der Waals surface area contributed by atoms with Gasteiger partial charge in [0.25, 0.3) is 0 Å². The quantitative estimate of drug-likeness (QED) is 0.345. The summed E-state index contributed by atoms with van der Waals surface area (Å²) in [6, 6.07) is 4.11. The van der Waals surface area contributed by atoms with Gasteiger partial charge in [-0.25, -0.2) is 0 Å². The van der Waals surface area contributed by atoms with Crippen molar-refractivity contribution >= 4 is 29.9 Å². The third kappa shape index (κ3) is 3.62. The van der Waals surface area contributed by atoms with Crippen LogP contribution in [-0.2, 0) is 10.3 Å². The van der Waals surface area contributed by atoms with Crippen LogP contribution >= 0.6 is 24.0 Å². The van der Waals surface area contributed by atoms with Crippen molar-refractivity contribution in [2.45, 2.75) is 63.7 Å². The van der Waals surface area contributed by atoms with Gasteiger partial charge in [0.1, 0.15) is 17.1 Å². The van der Waals surface area contributed by atoms with E-state index in [0.29, 0.717) is 30.4 Å². The average molecular weight is 489 g/mol. The number of aryl methyl sites for hydroxylation is 1. The van der Waals surface area contributed by atoms with Gasteiger partial charge in [0.15, 0.2) is 5.96 Å². The van der Waals surface area contributed by atoms with Gasteiger partial charge in [-0.1, -0.05) is 12.8 Å². The Morgan fingerprint density at radius 3 is 2.74 bits per heavy atom. The Hall–Kier alpha value is -0.800. The van der Waals surface area contributed by atoms with Crippen LogP contribution in [0.1, 0.15) is 50.5 Å². The lowest BCUT2D eigenvalue weighted by molar-refractivity contribution is -0.125. The number of ether oxygens (including phenoxy) is 1. The van der Waals surface area contributed by atoms with Crippen LogP contribution in [-0.4, -0.2) is 43.4 Å². The summed E-state index contributed by atoms with van der Waals surface area (Å²) in [7, 11) is 1.78. The van der Waals surface area contributed by atoms with E-state index in [1.807, 2.05) is 19.1 Å². The summed E-state index contributed by atoms with van der Waals surface area (Å²) in [6.07, 6.45) is 6.63. The third-order valence-electron chi connectivity index (χ3n) is 6.67. The lowest BCUT2D eigenvalue weighted by Gasteiger charge is -2.57. The highest BCUT2D eigenvalue weighted by atomic mass is 127. The molecule has 1 aromatic heterocycles. The fourth-order valence-corrected chi connectivity index (χ4v) is 5.31. The topological polar surface area (TPSA) is 79.0 Å². The molecule has 1 aromatic rings. The smallest absolute Gasteiger partial charge is 0.191 e. The van der Waals surface area contributed by atoms with Crippen LogP contribution in [0.2, 0.25) is 0 Å². The Morgan fingerprint density at radius 1 is 1.37 bits per heavy atom. The maximum atomic E-state index is 10.7. The second-order valence-electron chi connectivity index (χ2n) is 8.42. The van der Waals surface area contributed by atoms with Crippen LogP contribution in [0, 0.1) is 18.3 Å². The Morgan fingerprint density at radius 2 is 2.11 bits per heavy atom. The molecule has 1 spiro atoms. The van der Waals surface area contributed by atoms with E-state index in [9.17, 15) is 5.11 Å². The fourth-order valence-electron chi connectivity index (χ4n) is 5.31. The molecule has 4 unspecified atom stereocenters. The molecule has 1 aliphatic heterocycles. The summed E-state index contributed by atoms with van der Waals surface area (Å²) in [4.78, 5) is 4.39. The lowest BCUT2D eigenvalue weighted by Crippen LogP contribution is -2.69. The molecule has 0 bridgehead atoms. The summed E-state index contributed by atoms with van der Waals surface area (Å²) >= 11 is 0. The fraction of sp³-hybridized carbons (Fsp3) is 0.750. The van der Waals surface area contributed by atoms with Crippen molar-refractivity contribution in [3.8, 4) is 0 Å². The molecule has 6 nitrogen and oxygen atoms in total. The molecule has 3 aliphatic rings.